The largest absolute Gasteiger partial charge is 0.389 e. The lowest BCUT2D eigenvalue weighted by molar-refractivity contribution is 0.0572. The first kappa shape index (κ1) is 15.3. The molecule has 1 aromatic carbocycles. The van der Waals surface area contributed by atoms with Crippen molar-refractivity contribution in [1.82, 2.24) is 4.31 Å². The first-order chi connectivity index (χ1) is 9.23. The van der Waals surface area contributed by atoms with Gasteiger partial charge in [-0.3, -0.25) is 0 Å². The SMILES string of the molecule is Cc1cc(C(N)=S)ccc1S(=O)(=O)N1CC(O)C(O)C1. The van der Waals surface area contributed by atoms with Gasteiger partial charge in [-0.05, 0) is 24.6 Å². The number of nitrogens with zero attached hydrogens (tertiary/aromatic N) is 1. The van der Waals surface area contributed by atoms with E-state index in [-0.39, 0.29) is 23.0 Å². The fraction of sp³-hybridized carbons (Fsp3) is 0.417. The Morgan fingerprint density at radius 3 is 2.35 bits per heavy atom. The minimum Gasteiger partial charge on any atom is -0.389 e. The second-order valence-corrected chi connectivity index (χ2v) is 7.15. The molecule has 0 saturated carbocycles. The summed E-state index contributed by atoms with van der Waals surface area (Å²) in [6.45, 7) is 1.43. The van der Waals surface area contributed by atoms with Crippen LogP contribution in [0.2, 0.25) is 0 Å². The number of thiocarbonyl (C=S) groups is 1. The predicted molar refractivity (Wildman–Crippen MR) is 77.8 cm³/mol. The molecule has 1 heterocycles. The van der Waals surface area contributed by atoms with E-state index in [0.29, 0.717) is 11.1 Å². The molecule has 1 aliphatic heterocycles. The molecule has 4 N–H and O–H groups in total. The van der Waals surface area contributed by atoms with Crippen molar-refractivity contribution in [2.75, 3.05) is 13.1 Å². The number of aliphatic hydroxyl groups is 2. The van der Waals surface area contributed by atoms with Crippen LogP contribution in [-0.4, -0.2) is 53.2 Å². The van der Waals surface area contributed by atoms with Crippen molar-refractivity contribution >= 4 is 27.2 Å². The molecule has 2 atom stereocenters. The number of nitrogens with two attached hydrogens (primary N) is 1. The highest BCUT2D eigenvalue weighted by molar-refractivity contribution is 7.89. The predicted octanol–water partition coefficient (Wildman–Crippen LogP) is -0.645. The van der Waals surface area contributed by atoms with Gasteiger partial charge in [-0.2, -0.15) is 4.31 Å². The first-order valence-corrected chi connectivity index (χ1v) is 7.85. The van der Waals surface area contributed by atoms with E-state index in [4.69, 9.17) is 18.0 Å². The maximum atomic E-state index is 12.5. The Morgan fingerprint density at radius 2 is 1.90 bits per heavy atom. The van der Waals surface area contributed by atoms with Gasteiger partial charge in [-0.1, -0.05) is 18.3 Å². The number of sulfonamides is 1. The molecule has 20 heavy (non-hydrogen) atoms. The molecule has 1 fully saturated rings. The van der Waals surface area contributed by atoms with Gasteiger partial charge in [0.1, 0.15) is 4.99 Å². The smallest absolute Gasteiger partial charge is 0.243 e. The van der Waals surface area contributed by atoms with Gasteiger partial charge in [0.2, 0.25) is 10.0 Å². The van der Waals surface area contributed by atoms with Crippen LogP contribution in [0.25, 0.3) is 0 Å². The molecule has 0 aliphatic carbocycles. The van der Waals surface area contributed by atoms with Crippen LogP contribution in [0.4, 0.5) is 0 Å². The van der Waals surface area contributed by atoms with E-state index < -0.39 is 22.2 Å². The maximum Gasteiger partial charge on any atom is 0.243 e. The summed E-state index contributed by atoms with van der Waals surface area (Å²) < 4.78 is 26.0. The highest BCUT2D eigenvalue weighted by atomic mass is 32.2. The topological polar surface area (TPSA) is 104 Å². The Hall–Kier alpha value is -1.06. The highest BCUT2D eigenvalue weighted by Crippen LogP contribution is 2.24. The molecule has 0 aromatic heterocycles. The summed E-state index contributed by atoms with van der Waals surface area (Å²) >= 11 is 4.85. The minimum atomic E-state index is -3.75. The van der Waals surface area contributed by atoms with Crippen LogP contribution < -0.4 is 5.73 Å². The van der Waals surface area contributed by atoms with Crippen molar-refractivity contribution < 1.29 is 18.6 Å². The lowest BCUT2D eigenvalue weighted by atomic mass is 10.1. The van der Waals surface area contributed by atoms with Gasteiger partial charge in [0.25, 0.3) is 0 Å². The molecule has 6 nitrogen and oxygen atoms in total. The fourth-order valence-corrected chi connectivity index (χ4v) is 3.97. The van der Waals surface area contributed by atoms with E-state index in [0.717, 1.165) is 4.31 Å². The molecular weight excluding hydrogens is 300 g/mol. The fourth-order valence-electron chi connectivity index (χ4n) is 2.16. The van der Waals surface area contributed by atoms with Gasteiger partial charge in [-0.25, -0.2) is 8.42 Å². The Balaban J connectivity index is 2.38. The van der Waals surface area contributed by atoms with Crippen molar-refractivity contribution in [3.8, 4) is 0 Å². The molecule has 2 rings (SSSR count). The summed E-state index contributed by atoms with van der Waals surface area (Å²) in [4.78, 5) is 0.322. The minimum absolute atomic E-state index is 0.111. The third-order valence-electron chi connectivity index (χ3n) is 3.30. The van der Waals surface area contributed by atoms with E-state index >= 15 is 0 Å². The van der Waals surface area contributed by atoms with E-state index in [1.54, 1.807) is 19.1 Å². The highest BCUT2D eigenvalue weighted by Gasteiger charge is 2.38. The van der Waals surface area contributed by atoms with Gasteiger partial charge < -0.3 is 15.9 Å². The van der Waals surface area contributed by atoms with Gasteiger partial charge in [0, 0.05) is 18.7 Å². The van der Waals surface area contributed by atoms with Crippen LogP contribution in [0.5, 0.6) is 0 Å². The molecule has 0 radical (unpaired) electrons. The summed E-state index contributed by atoms with van der Waals surface area (Å²) in [5.41, 5.74) is 6.62. The molecule has 0 spiro atoms. The molecule has 8 heteroatoms. The second-order valence-electron chi connectivity index (χ2n) is 4.80. The van der Waals surface area contributed by atoms with E-state index in [2.05, 4.69) is 0 Å². The van der Waals surface area contributed by atoms with E-state index in [9.17, 15) is 18.6 Å². The molecule has 1 saturated heterocycles. The molecule has 1 aliphatic rings. The Kier molecular flexibility index (Phi) is 4.12. The molecule has 1 aromatic rings. The summed E-state index contributed by atoms with van der Waals surface area (Å²) in [5, 5.41) is 18.9. The third-order valence-corrected chi connectivity index (χ3v) is 5.53. The number of β-amino-alcohol motifs (C(OH)–C–C–N with tert-alkyl or cyclic N) is 2. The lowest BCUT2D eigenvalue weighted by Crippen LogP contribution is -2.30. The normalized spacial score (nSPS) is 23.9. The summed E-state index contributed by atoms with van der Waals surface area (Å²) in [5.74, 6) is 0. The molecule has 2 unspecified atom stereocenters. The lowest BCUT2D eigenvalue weighted by Gasteiger charge is -2.17. The van der Waals surface area contributed by atoms with Crippen molar-refractivity contribution in [2.45, 2.75) is 24.0 Å². The number of rotatable bonds is 3. The molecule has 110 valence electrons. The van der Waals surface area contributed by atoms with Crippen molar-refractivity contribution in [1.29, 1.82) is 0 Å². The summed E-state index contributed by atoms with van der Waals surface area (Å²) in [6, 6.07) is 4.60. The Morgan fingerprint density at radius 1 is 1.35 bits per heavy atom. The number of benzene rings is 1. The van der Waals surface area contributed by atoms with Gasteiger partial charge in [0.15, 0.2) is 0 Å². The maximum absolute atomic E-state index is 12.5. The molecular formula is C12H16N2O4S2. The first-order valence-electron chi connectivity index (χ1n) is 6.00. The average molecular weight is 316 g/mol. The zero-order valence-corrected chi connectivity index (χ0v) is 12.5. The van der Waals surface area contributed by atoms with Gasteiger partial charge in [-0.15, -0.1) is 0 Å². The number of hydrogen-bond acceptors (Lipinski definition) is 5. The number of aryl methyl sites for hydroxylation is 1. The monoisotopic (exact) mass is 316 g/mol. The second kappa shape index (κ2) is 5.38. The van der Waals surface area contributed by atoms with Gasteiger partial charge >= 0.3 is 0 Å². The number of hydrogen-bond donors (Lipinski definition) is 3. The standard InChI is InChI=1S/C12H16N2O4S2/c1-7-4-8(12(13)19)2-3-11(7)20(17,18)14-5-9(15)10(16)6-14/h2-4,9-10,15-16H,5-6H2,1H3,(H2,13,19). The van der Waals surface area contributed by atoms with Crippen molar-refractivity contribution in [3.63, 3.8) is 0 Å². The quantitative estimate of drug-likeness (QED) is 0.641. The van der Waals surface area contributed by atoms with Crippen LogP contribution in [0.3, 0.4) is 0 Å². The Labute approximate surface area is 122 Å². The summed E-state index contributed by atoms with van der Waals surface area (Å²) in [7, 11) is -3.75. The van der Waals surface area contributed by atoms with Crippen LogP contribution in [-0.2, 0) is 10.0 Å². The van der Waals surface area contributed by atoms with Gasteiger partial charge in [0.05, 0.1) is 17.1 Å². The van der Waals surface area contributed by atoms with E-state index in [1.165, 1.54) is 6.07 Å². The van der Waals surface area contributed by atoms with Crippen LogP contribution in [0, 0.1) is 6.92 Å². The zero-order chi connectivity index (χ0) is 15.1. The van der Waals surface area contributed by atoms with Crippen molar-refractivity contribution in [2.24, 2.45) is 5.73 Å². The van der Waals surface area contributed by atoms with Crippen LogP contribution >= 0.6 is 12.2 Å². The molecule has 0 amide bonds. The van der Waals surface area contributed by atoms with E-state index in [1.807, 2.05) is 0 Å². The average Bonchev–Trinajstić information content (AvgIpc) is 2.69. The van der Waals surface area contributed by atoms with Crippen molar-refractivity contribution in [3.05, 3.63) is 29.3 Å². The number of aliphatic hydroxyl groups excluding tert-OH is 2. The third kappa shape index (κ3) is 2.70. The Bertz CT molecular complexity index is 635. The molecule has 0 bridgehead atoms. The summed E-state index contributed by atoms with van der Waals surface area (Å²) in [6.07, 6.45) is -2.11. The zero-order valence-electron chi connectivity index (χ0n) is 10.9. The van der Waals surface area contributed by atoms with Crippen LogP contribution in [0.15, 0.2) is 23.1 Å². The van der Waals surface area contributed by atoms with Crippen LogP contribution in [0.1, 0.15) is 11.1 Å².